The largest absolute Gasteiger partial charge is 0.487 e. The molecule has 0 radical (unpaired) electrons. The molecule has 0 aliphatic rings. The number of carbonyl (C=O) groups excluding carboxylic acids is 1. The van der Waals surface area contributed by atoms with Gasteiger partial charge in [0.2, 0.25) is 5.01 Å². The fourth-order valence-corrected chi connectivity index (χ4v) is 4.20. The van der Waals surface area contributed by atoms with Gasteiger partial charge in [-0.05, 0) is 36.3 Å². The number of benzene rings is 2. The summed E-state index contributed by atoms with van der Waals surface area (Å²) < 4.78 is 5.71. The van der Waals surface area contributed by atoms with Gasteiger partial charge in [0.25, 0.3) is 5.91 Å². The first-order valence-corrected chi connectivity index (χ1v) is 11.9. The summed E-state index contributed by atoms with van der Waals surface area (Å²) in [6.45, 7) is 2.88. The van der Waals surface area contributed by atoms with Crippen molar-refractivity contribution in [2.24, 2.45) is 0 Å². The van der Waals surface area contributed by atoms with Crippen LogP contribution in [0.1, 0.15) is 37.2 Å². The molecular formula is C23H19ClN4O2S2. The molecule has 4 rings (SSSR count). The van der Waals surface area contributed by atoms with Crippen LogP contribution >= 0.6 is 34.3 Å². The number of hydrogen-bond acceptors (Lipinski definition) is 7. The van der Waals surface area contributed by atoms with Crippen molar-refractivity contribution >= 4 is 51.3 Å². The van der Waals surface area contributed by atoms with Gasteiger partial charge in [-0.3, -0.25) is 4.79 Å². The summed E-state index contributed by atoms with van der Waals surface area (Å²) in [6.07, 6.45) is 1.78. The van der Waals surface area contributed by atoms with Gasteiger partial charge in [0, 0.05) is 11.9 Å². The Kier molecular flexibility index (Phi) is 7.26. The Labute approximate surface area is 198 Å². The van der Waals surface area contributed by atoms with E-state index in [1.807, 2.05) is 60.8 Å². The molecule has 0 saturated heterocycles. The Hall–Kier alpha value is -3.07. The number of ether oxygens (including phenoxy) is 1. The lowest BCUT2D eigenvalue weighted by atomic mass is 10.1. The summed E-state index contributed by atoms with van der Waals surface area (Å²) in [6, 6.07) is 15.5. The number of hydrogen-bond donors (Lipinski definition) is 1. The van der Waals surface area contributed by atoms with Crippen LogP contribution in [-0.2, 0) is 13.2 Å². The van der Waals surface area contributed by atoms with Gasteiger partial charge in [0.05, 0.1) is 16.2 Å². The Morgan fingerprint density at radius 2 is 1.84 bits per heavy atom. The van der Waals surface area contributed by atoms with Crippen molar-refractivity contribution in [3.63, 3.8) is 0 Å². The lowest BCUT2D eigenvalue weighted by molar-refractivity contribution is 0.0950. The molecular weight excluding hydrogens is 464 g/mol. The lowest BCUT2D eigenvalue weighted by Gasteiger charge is -2.04. The maximum absolute atomic E-state index is 12.4. The predicted octanol–water partition coefficient (Wildman–Crippen LogP) is 5.55. The van der Waals surface area contributed by atoms with Crippen LogP contribution in [-0.4, -0.2) is 21.1 Å². The van der Waals surface area contributed by atoms with Gasteiger partial charge in [-0.1, -0.05) is 64.9 Å². The summed E-state index contributed by atoms with van der Waals surface area (Å²) in [4.78, 5) is 16.6. The first-order chi connectivity index (χ1) is 15.6. The highest BCUT2D eigenvalue weighted by Crippen LogP contribution is 2.26. The Balaban J connectivity index is 1.34. The highest BCUT2D eigenvalue weighted by Gasteiger charge is 2.14. The Morgan fingerprint density at radius 1 is 1.09 bits per heavy atom. The third-order valence-corrected chi connectivity index (χ3v) is 6.43. The number of aromatic nitrogens is 3. The number of amides is 1. The highest BCUT2D eigenvalue weighted by atomic mass is 35.5. The molecule has 0 fully saturated rings. The molecule has 0 atom stereocenters. The molecule has 2 aromatic carbocycles. The summed E-state index contributed by atoms with van der Waals surface area (Å²) in [5.74, 6) is 0.468. The van der Waals surface area contributed by atoms with E-state index in [4.69, 9.17) is 16.3 Å². The molecule has 0 spiro atoms. The molecule has 0 aliphatic carbocycles. The predicted molar refractivity (Wildman–Crippen MR) is 129 cm³/mol. The van der Waals surface area contributed by atoms with Crippen LogP contribution in [0.3, 0.4) is 0 Å². The average Bonchev–Trinajstić information content (AvgIpc) is 3.50. The molecule has 4 aromatic rings. The van der Waals surface area contributed by atoms with Crippen LogP contribution in [0.15, 0.2) is 59.4 Å². The molecule has 0 aliphatic heterocycles. The fraction of sp³-hybridized carbons (Fsp3) is 0.130. The normalized spacial score (nSPS) is 11.4. The second kappa shape index (κ2) is 10.5. The van der Waals surface area contributed by atoms with Crippen molar-refractivity contribution in [3.05, 3.63) is 91.8 Å². The lowest BCUT2D eigenvalue weighted by Crippen LogP contribution is -2.22. The number of rotatable bonds is 8. The van der Waals surface area contributed by atoms with E-state index in [0.29, 0.717) is 23.2 Å². The van der Waals surface area contributed by atoms with E-state index in [1.54, 1.807) is 11.6 Å². The van der Waals surface area contributed by atoms with Crippen LogP contribution in [0.25, 0.3) is 11.1 Å². The summed E-state index contributed by atoms with van der Waals surface area (Å²) in [7, 11) is 0. The minimum absolute atomic E-state index is 0.268. The van der Waals surface area contributed by atoms with Crippen LogP contribution in [0.4, 0.5) is 0 Å². The average molecular weight is 483 g/mol. The molecule has 6 nitrogen and oxygen atoms in total. The zero-order valence-corrected chi connectivity index (χ0v) is 19.5. The van der Waals surface area contributed by atoms with Crippen LogP contribution < -0.4 is 10.1 Å². The maximum Gasteiger partial charge on any atom is 0.282 e. The third-order valence-electron chi connectivity index (χ3n) is 4.44. The molecule has 0 unspecified atom stereocenters. The number of halogens is 1. The SMILES string of the molecule is Cc1ccc(CNC(=O)c2nnc(/C(Cl)=C/c3ccc(OCc4cscn4)cc3)s2)cc1. The summed E-state index contributed by atoms with van der Waals surface area (Å²) in [5.41, 5.74) is 5.76. The van der Waals surface area contributed by atoms with Crippen molar-refractivity contribution in [1.82, 2.24) is 20.5 Å². The van der Waals surface area contributed by atoms with Crippen LogP contribution in [0.2, 0.25) is 0 Å². The van der Waals surface area contributed by atoms with E-state index in [9.17, 15) is 4.79 Å². The van der Waals surface area contributed by atoms with E-state index in [1.165, 1.54) is 16.9 Å². The van der Waals surface area contributed by atoms with Gasteiger partial charge in [-0.15, -0.1) is 21.5 Å². The monoisotopic (exact) mass is 482 g/mol. The van der Waals surface area contributed by atoms with Crippen molar-refractivity contribution in [2.75, 3.05) is 0 Å². The van der Waals surface area contributed by atoms with Gasteiger partial charge in [0.15, 0.2) is 5.01 Å². The number of carbonyl (C=O) groups is 1. The van der Waals surface area contributed by atoms with E-state index < -0.39 is 0 Å². The Bertz CT molecular complexity index is 1200. The van der Waals surface area contributed by atoms with Gasteiger partial charge >= 0.3 is 0 Å². The zero-order valence-electron chi connectivity index (χ0n) is 17.1. The van der Waals surface area contributed by atoms with Gasteiger partial charge in [-0.25, -0.2) is 4.98 Å². The van der Waals surface area contributed by atoms with Gasteiger partial charge < -0.3 is 10.1 Å². The second-order valence-electron chi connectivity index (χ2n) is 6.91. The Morgan fingerprint density at radius 3 is 2.56 bits per heavy atom. The van der Waals surface area contributed by atoms with Gasteiger partial charge in [-0.2, -0.15) is 0 Å². The van der Waals surface area contributed by atoms with Crippen molar-refractivity contribution in [3.8, 4) is 5.75 Å². The minimum atomic E-state index is -0.277. The summed E-state index contributed by atoms with van der Waals surface area (Å²) in [5, 5.41) is 14.0. The van der Waals surface area contributed by atoms with E-state index >= 15 is 0 Å². The maximum atomic E-state index is 12.4. The first kappa shape index (κ1) is 22.1. The number of thiazole rings is 1. The molecule has 162 valence electrons. The molecule has 1 N–H and O–H groups in total. The molecule has 2 heterocycles. The molecule has 0 saturated carbocycles. The molecule has 32 heavy (non-hydrogen) atoms. The van der Waals surface area contributed by atoms with Crippen molar-refractivity contribution in [2.45, 2.75) is 20.1 Å². The van der Waals surface area contributed by atoms with Gasteiger partial charge in [0.1, 0.15) is 12.4 Å². The zero-order chi connectivity index (χ0) is 22.3. The van der Waals surface area contributed by atoms with Crippen molar-refractivity contribution in [1.29, 1.82) is 0 Å². The van der Waals surface area contributed by atoms with E-state index in [2.05, 4.69) is 20.5 Å². The summed E-state index contributed by atoms with van der Waals surface area (Å²) >= 11 is 9.10. The smallest absolute Gasteiger partial charge is 0.282 e. The number of nitrogens with one attached hydrogen (secondary N) is 1. The quantitative estimate of drug-likeness (QED) is 0.356. The third kappa shape index (κ3) is 6.00. The van der Waals surface area contributed by atoms with Crippen LogP contribution in [0, 0.1) is 6.92 Å². The molecule has 0 bridgehead atoms. The highest BCUT2D eigenvalue weighted by molar-refractivity contribution is 7.15. The molecule has 9 heteroatoms. The van der Waals surface area contributed by atoms with E-state index in [-0.39, 0.29) is 10.9 Å². The molecule has 2 aromatic heterocycles. The second-order valence-corrected chi connectivity index (χ2v) is 9.01. The minimum Gasteiger partial charge on any atom is -0.487 e. The topological polar surface area (TPSA) is 77.0 Å². The first-order valence-electron chi connectivity index (χ1n) is 9.71. The molecule has 1 amide bonds. The number of nitrogens with zero attached hydrogens (tertiary/aromatic N) is 3. The number of aryl methyl sites for hydroxylation is 1. The fourth-order valence-electron chi connectivity index (χ4n) is 2.71. The van der Waals surface area contributed by atoms with Crippen LogP contribution in [0.5, 0.6) is 5.75 Å². The standard InChI is InChI=1S/C23H19ClN4O2S2/c1-15-2-4-17(5-3-15)11-25-21(29)23-28-27-22(32-23)20(24)10-16-6-8-19(9-7-16)30-12-18-13-31-14-26-18/h2-10,13-14H,11-12H2,1H3,(H,25,29)/b20-10-. The van der Waals surface area contributed by atoms with E-state index in [0.717, 1.165) is 33.9 Å². The van der Waals surface area contributed by atoms with Crippen molar-refractivity contribution < 1.29 is 9.53 Å².